The van der Waals surface area contributed by atoms with Crippen molar-refractivity contribution in [1.82, 2.24) is 9.88 Å². The molecule has 2 N–H and O–H groups in total. The molecular formula is C15H21N3OS. The van der Waals surface area contributed by atoms with Gasteiger partial charge < -0.3 is 10.6 Å². The van der Waals surface area contributed by atoms with Crippen LogP contribution >= 0.6 is 11.3 Å². The quantitative estimate of drug-likeness (QED) is 0.938. The number of hydrogen-bond donors (Lipinski definition) is 1. The topological polar surface area (TPSA) is 59.2 Å². The number of carbonyl (C=O) groups excluding carboxylic acids is 1. The van der Waals surface area contributed by atoms with E-state index in [9.17, 15) is 4.79 Å². The van der Waals surface area contributed by atoms with Crippen LogP contribution in [0.15, 0.2) is 12.3 Å². The molecule has 2 heterocycles. The van der Waals surface area contributed by atoms with E-state index in [4.69, 9.17) is 5.73 Å². The Labute approximate surface area is 123 Å². The molecular weight excluding hydrogens is 270 g/mol. The summed E-state index contributed by atoms with van der Waals surface area (Å²) >= 11 is 1.39. The summed E-state index contributed by atoms with van der Waals surface area (Å²) in [4.78, 5) is 20.2. The van der Waals surface area contributed by atoms with Gasteiger partial charge in [-0.2, -0.15) is 0 Å². The van der Waals surface area contributed by atoms with E-state index in [1.807, 2.05) is 20.0 Å². The summed E-state index contributed by atoms with van der Waals surface area (Å²) in [6.07, 6.45) is 3.65. The van der Waals surface area contributed by atoms with Gasteiger partial charge >= 0.3 is 0 Å². The minimum Gasteiger partial charge on any atom is -0.397 e. The number of aryl methyl sites for hydroxylation is 1. The molecule has 2 aromatic rings. The van der Waals surface area contributed by atoms with E-state index in [-0.39, 0.29) is 11.9 Å². The highest BCUT2D eigenvalue weighted by Gasteiger charge is 2.24. The summed E-state index contributed by atoms with van der Waals surface area (Å²) in [7, 11) is 1.85. The average Bonchev–Trinajstić information content (AvgIpc) is 2.78. The van der Waals surface area contributed by atoms with Gasteiger partial charge in [0.2, 0.25) is 0 Å². The summed E-state index contributed by atoms with van der Waals surface area (Å²) in [6.45, 7) is 6.18. The fourth-order valence-corrected chi connectivity index (χ4v) is 3.65. The summed E-state index contributed by atoms with van der Waals surface area (Å²) in [5.41, 5.74) is 7.82. The number of nitrogens with two attached hydrogens (primary N) is 1. The minimum atomic E-state index is -0.00130. The van der Waals surface area contributed by atoms with E-state index < -0.39 is 0 Å². The van der Waals surface area contributed by atoms with Crippen LogP contribution in [0, 0.1) is 6.92 Å². The normalized spacial score (nSPS) is 11.2. The predicted molar refractivity (Wildman–Crippen MR) is 85.2 cm³/mol. The van der Waals surface area contributed by atoms with E-state index in [1.54, 1.807) is 11.1 Å². The molecule has 2 aromatic heterocycles. The third kappa shape index (κ3) is 2.38. The van der Waals surface area contributed by atoms with Crippen molar-refractivity contribution in [1.29, 1.82) is 0 Å². The van der Waals surface area contributed by atoms with Gasteiger partial charge in [-0.1, -0.05) is 13.8 Å². The number of hydrogen-bond acceptors (Lipinski definition) is 4. The maximum atomic E-state index is 12.6. The fraction of sp³-hybridized carbons (Fsp3) is 0.467. The van der Waals surface area contributed by atoms with Crippen molar-refractivity contribution in [3.63, 3.8) is 0 Å². The van der Waals surface area contributed by atoms with Gasteiger partial charge in [0.15, 0.2) is 0 Å². The molecule has 0 aliphatic rings. The number of anilines is 1. The van der Waals surface area contributed by atoms with Crippen molar-refractivity contribution >= 4 is 33.1 Å². The zero-order chi connectivity index (χ0) is 14.9. The molecule has 0 aliphatic carbocycles. The monoisotopic (exact) mass is 291 g/mol. The number of nitrogen functional groups attached to an aromatic ring is 1. The zero-order valence-corrected chi connectivity index (χ0v) is 13.3. The lowest BCUT2D eigenvalue weighted by Crippen LogP contribution is -2.36. The first-order valence-corrected chi connectivity index (χ1v) is 7.73. The lowest BCUT2D eigenvalue weighted by Gasteiger charge is -2.25. The highest BCUT2D eigenvalue weighted by Crippen LogP contribution is 2.35. The van der Waals surface area contributed by atoms with Crippen LogP contribution in [0.25, 0.3) is 10.2 Å². The van der Waals surface area contributed by atoms with Crippen molar-refractivity contribution in [2.75, 3.05) is 12.8 Å². The van der Waals surface area contributed by atoms with Crippen LogP contribution in [0.5, 0.6) is 0 Å². The number of nitrogens with zero attached hydrogens (tertiary/aromatic N) is 2. The zero-order valence-electron chi connectivity index (χ0n) is 12.4. The van der Waals surface area contributed by atoms with Gasteiger partial charge in [-0.3, -0.25) is 4.79 Å². The number of thiophene rings is 1. The van der Waals surface area contributed by atoms with E-state index >= 15 is 0 Å². The van der Waals surface area contributed by atoms with Crippen molar-refractivity contribution < 1.29 is 4.79 Å². The molecule has 0 atom stereocenters. The first-order valence-electron chi connectivity index (χ1n) is 6.91. The van der Waals surface area contributed by atoms with Crippen LogP contribution in [0.1, 0.15) is 41.9 Å². The van der Waals surface area contributed by atoms with Gasteiger partial charge in [0, 0.05) is 24.7 Å². The number of amides is 1. The second kappa shape index (κ2) is 5.79. The standard InChI is InChI=1S/C15H21N3OS/c1-5-10(6-2)18(4)15(19)13-12(16)11-9(3)7-8-17-14(11)20-13/h7-8,10H,5-6,16H2,1-4H3. The number of aromatic nitrogens is 1. The molecule has 1 amide bonds. The Kier molecular flexibility index (Phi) is 4.28. The van der Waals surface area contributed by atoms with Crippen LogP contribution in [-0.4, -0.2) is 28.9 Å². The van der Waals surface area contributed by atoms with E-state index in [0.29, 0.717) is 10.6 Å². The first kappa shape index (κ1) is 14.8. The van der Waals surface area contributed by atoms with Gasteiger partial charge in [0.05, 0.1) is 5.69 Å². The highest BCUT2D eigenvalue weighted by atomic mass is 32.1. The molecule has 5 heteroatoms. The fourth-order valence-electron chi connectivity index (χ4n) is 2.52. The molecule has 0 bridgehead atoms. The number of rotatable bonds is 4. The third-order valence-electron chi connectivity index (χ3n) is 3.84. The Balaban J connectivity index is 2.45. The van der Waals surface area contributed by atoms with Crippen LogP contribution in [-0.2, 0) is 0 Å². The molecule has 0 aliphatic heterocycles. The lowest BCUT2D eigenvalue weighted by molar-refractivity contribution is 0.0729. The van der Waals surface area contributed by atoms with E-state index in [1.165, 1.54) is 11.3 Å². The highest BCUT2D eigenvalue weighted by molar-refractivity contribution is 7.21. The number of carbonyl (C=O) groups is 1. The largest absolute Gasteiger partial charge is 0.397 e. The second-order valence-electron chi connectivity index (χ2n) is 5.04. The summed E-state index contributed by atoms with van der Waals surface area (Å²) in [5, 5.41) is 0.916. The van der Waals surface area contributed by atoms with Crippen LogP contribution in [0.3, 0.4) is 0 Å². The third-order valence-corrected chi connectivity index (χ3v) is 4.94. The number of pyridine rings is 1. The maximum Gasteiger partial charge on any atom is 0.266 e. The van der Waals surface area contributed by atoms with Gasteiger partial charge in [0.1, 0.15) is 9.71 Å². The predicted octanol–water partition coefficient (Wildman–Crippen LogP) is 3.45. The molecule has 0 saturated carbocycles. The van der Waals surface area contributed by atoms with Crippen LogP contribution in [0.2, 0.25) is 0 Å². The second-order valence-corrected chi connectivity index (χ2v) is 6.04. The molecule has 0 saturated heterocycles. The smallest absolute Gasteiger partial charge is 0.266 e. The Bertz CT molecular complexity index is 631. The molecule has 2 rings (SSSR count). The molecule has 0 spiro atoms. The maximum absolute atomic E-state index is 12.6. The Morgan fingerprint density at radius 3 is 2.65 bits per heavy atom. The van der Waals surface area contributed by atoms with Gasteiger partial charge in [-0.15, -0.1) is 11.3 Å². The molecule has 20 heavy (non-hydrogen) atoms. The Morgan fingerprint density at radius 2 is 2.10 bits per heavy atom. The molecule has 0 aromatic carbocycles. The minimum absolute atomic E-state index is 0.00130. The SMILES string of the molecule is CCC(CC)N(C)C(=O)c1sc2nccc(C)c2c1N. The van der Waals surface area contributed by atoms with Crippen LogP contribution in [0.4, 0.5) is 5.69 Å². The molecule has 0 fully saturated rings. The van der Waals surface area contributed by atoms with E-state index in [2.05, 4.69) is 18.8 Å². The van der Waals surface area contributed by atoms with Gasteiger partial charge in [0.25, 0.3) is 5.91 Å². The first-order chi connectivity index (χ1) is 9.51. The molecule has 0 unspecified atom stereocenters. The van der Waals surface area contributed by atoms with Gasteiger partial charge in [-0.25, -0.2) is 4.98 Å². The summed E-state index contributed by atoms with van der Waals surface area (Å²) < 4.78 is 0. The molecule has 0 radical (unpaired) electrons. The molecule has 108 valence electrons. The molecule has 4 nitrogen and oxygen atoms in total. The average molecular weight is 291 g/mol. The number of fused-ring (bicyclic) bond motifs is 1. The van der Waals surface area contributed by atoms with Crippen LogP contribution < -0.4 is 5.73 Å². The lowest BCUT2D eigenvalue weighted by atomic mass is 10.1. The van der Waals surface area contributed by atoms with Crippen molar-refractivity contribution in [2.24, 2.45) is 0 Å². The Hall–Kier alpha value is -1.62. The van der Waals surface area contributed by atoms with E-state index in [0.717, 1.165) is 28.6 Å². The van der Waals surface area contributed by atoms with Crippen molar-refractivity contribution in [2.45, 2.75) is 39.7 Å². The van der Waals surface area contributed by atoms with Crippen molar-refractivity contribution in [3.05, 3.63) is 22.7 Å². The summed E-state index contributed by atoms with van der Waals surface area (Å²) in [5.74, 6) is -0.00130. The summed E-state index contributed by atoms with van der Waals surface area (Å²) in [6, 6.07) is 2.17. The van der Waals surface area contributed by atoms with Crippen molar-refractivity contribution in [3.8, 4) is 0 Å². The Morgan fingerprint density at radius 1 is 1.45 bits per heavy atom. The van der Waals surface area contributed by atoms with Gasteiger partial charge in [-0.05, 0) is 31.4 Å².